The molecule has 4 heteroatoms. The monoisotopic (exact) mass is 323 g/mol. The molecule has 0 aromatic carbocycles. The minimum absolute atomic E-state index is 0.142. The van der Waals surface area contributed by atoms with Gasteiger partial charge >= 0.3 is 0 Å². The molecule has 3 fully saturated rings. The number of aliphatic hydroxyl groups excluding tert-OH is 1. The van der Waals surface area contributed by atoms with Crippen molar-refractivity contribution in [3.05, 3.63) is 0 Å². The van der Waals surface area contributed by atoms with Crippen LogP contribution in [0.3, 0.4) is 0 Å². The first-order valence-electron chi connectivity index (χ1n) is 9.74. The van der Waals surface area contributed by atoms with Gasteiger partial charge in [0.05, 0.1) is 12.2 Å². The molecule has 2 aliphatic carbocycles. The van der Waals surface area contributed by atoms with Crippen molar-refractivity contribution in [2.24, 2.45) is 11.8 Å². The van der Waals surface area contributed by atoms with Crippen LogP contribution in [0.25, 0.3) is 0 Å². The summed E-state index contributed by atoms with van der Waals surface area (Å²) in [6.45, 7) is 3.38. The van der Waals surface area contributed by atoms with Gasteiger partial charge in [0.2, 0.25) is 5.91 Å². The van der Waals surface area contributed by atoms with Crippen molar-refractivity contribution in [3.63, 3.8) is 0 Å². The molecule has 3 aliphatic rings. The predicted molar refractivity (Wildman–Crippen MR) is 90.1 cm³/mol. The van der Waals surface area contributed by atoms with Crippen LogP contribution < -0.4 is 0 Å². The van der Waals surface area contributed by atoms with Gasteiger partial charge in [0.1, 0.15) is 6.61 Å². The molecule has 1 heterocycles. The van der Waals surface area contributed by atoms with E-state index in [1.807, 2.05) is 4.90 Å². The smallest absolute Gasteiger partial charge is 0.248 e. The van der Waals surface area contributed by atoms with Gasteiger partial charge in [-0.15, -0.1) is 0 Å². The van der Waals surface area contributed by atoms with Gasteiger partial charge in [-0.1, -0.05) is 19.8 Å². The molecular formula is C19H33NO3. The van der Waals surface area contributed by atoms with Crippen molar-refractivity contribution in [3.8, 4) is 0 Å². The zero-order chi connectivity index (χ0) is 16.2. The molecule has 1 N–H and O–H groups in total. The molecular weight excluding hydrogens is 290 g/mol. The second-order valence-electron chi connectivity index (χ2n) is 8.01. The number of ether oxygens (including phenoxy) is 1. The lowest BCUT2D eigenvalue weighted by atomic mass is 9.80. The summed E-state index contributed by atoms with van der Waals surface area (Å²) in [6, 6.07) is 0.243. The van der Waals surface area contributed by atoms with Gasteiger partial charge in [-0.25, -0.2) is 0 Å². The van der Waals surface area contributed by atoms with Crippen LogP contribution in [0, 0.1) is 11.8 Å². The molecule has 1 aliphatic heterocycles. The van der Waals surface area contributed by atoms with E-state index in [0.717, 1.165) is 57.4 Å². The highest BCUT2D eigenvalue weighted by molar-refractivity contribution is 5.78. The van der Waals surface area contributed by atoms with Crippen LogP contribution in [-0.2, 0) is 9.53 Å². The van der Waals surface area contributed by atoms with Gasteiger partial charge in [-0.3, -0.25) is 4.79 Å². The van der Waals surface area contributed by atoms with Crippen LogP contribution in [0.15, 0.2) is 0 Å². The third-order valence-electron chi connectivity index (χ3n) is 6.30. The number of aliphatic hydroxyl groups is 1. The first-order chi connectivity index (χ1) is 11.1. The summed E-state index contributed by atoms with van der Waals surface area (Å²) in [6.07, 6.45) is 11.1. The summed E-state index contributed by atoms with van der Waals surface area (Å²) in [5.74, 6) is 1.23. The maximum Gasteiger partial charge on any atom is 0.248 e. The Labute approximate surface area is 140 Å². The molecule has 0 aromatic heterocycles. The predicted octanol–water partition coefficient (Wildman–Crippen LogP) is 3.12. The van der Waals surface area contributed by atoms with E-state index in [-0.39, 0.29) is 36.7 Å². The first kappa shape index (κ1) is 17.2. The molecule has 132 valence electrons. The van der Waals surface area contributed by atoms with Crippen LogP contribution in [0.4, 0.5) is 0 Å². The lowest BCUT2D eigenvalue weighted by molar-refractivity contribution is -0.142. The number of carbonyl (C=O) groups excluding carboxylic acids is 1. The van der Waals surface area contributed by atoms with Gasteiger partial charge < -0.3 is 14.7 Å². The molecule has 0 unspecified atom stereocenters. The Hall–Kier alpha value is -0.610. The van der Waals surface area contributed by atoms with Crippen LogP contribution >= 0.6 is 0 Å². The van der Waals surface area contributed by atoms with E-state index < -0.39 is 0 Å². The zero-order valence-electron chi connectivity index (χ0n) is 14.6. The van der Waals surface area contributed by atoms with E-state index in [2.05, 4.69) is 6.92 Å². The Kier molecular flexibility index (Phi) is 5.97. The Morgan fingerprint density at radius 1 is 1.04 bits per heavy atom. The summed E-state index contributed by atoms with van der Waals surface area (Å²) < 4.78 is 5.91. The van der Waals surface area contributed by atoms with Crippen molar-refractivity contribution in [2.45, 2.75) is 89.4 Å². The van der Waals surface area contributed by atoms with Crippen LogP contribution in [0.2, 0.25) is 0 Å². The molecule has 0 aromatic rings. The molecule has 3 atom stereocenters. The quantitative estimate of drug-likeness (QED) is 0.865. The fourth-order valence-corrected chi connectivity index (χ4v) is 4.80. The SMILES string of the molecule is CC1CCC(OCC(=O)N2CCC[C@@H]2[C@H]2CCCC[C@H]2O)CC1. The molecule has 0 spiro atoms. The molecule has 23 heavy (non-hydrogen) atoms. The van der Waals surface area contributed by atoms with Gasteiger partial charge in [-0.2, -0.15) is 0 Å². The van der Waals surface area contributed by atoms with Crippen molar-refractivity contribution >= 4 is 5.91 Å². The highest BCUT2D eigenvalue weighted by atomic mass is 16.5. The van der Waals surface area contributed by atoms with Gasteiger partial charge in [0, 0.05) is 18.5 Å². The van der Waals surface area contributed by atoms with E-state index in [1.165, 1.54) is 19.3 Å². The van der Waals surface area contributed by atoms with E-state index in [0.29, 0.717) is 0 Å². The molecule has 4 nitrogen and oxygen atoms in total. The van der Waals surface area contributed by atoms with E-state index >= 15 is 0 Å². The van der Waals surface area contributed by atoms with Crippen LogP contribution in [0.1, 0.15) is 71.1 Å². The third-order valence-corrected chi connectivity index (χ3v) is 6.30. The fraction of sp³-hybridized carbons (Fsp3) is 0.947. The number of hydrogen-bond acceptors (Lipinski definition) is 3. The minimum atomic E-state index is -0.220. The van der Waals surface area contributed by atoms with Crippen LogP contribution in [-0.4, -0.2) is 47.3 Å². The number of hydrogen-bond donors (Lipinski definition) is 1. The molecule has 1 amide bonds. The summed E-state index contributed by atoms with van der Waals surface area (Å²) in [5, 5.41) is 10.3. The summed E-state index contributed by atoms with van der Waals surface area (Å²) in [7, 11) is 0. The Bertz CT molecular complexity index is 392. The van der Waals surface area contributed by atoms with E-state index in [4.69, 9.17) is 4.74 Å². The summed E-state index contributed by atoms with van der Waals surface area (Å²) >= 11 is 0. The molecule has 1 saturated heterocycles. The lowest BCUT2D eigenvalue weighted by Gasteiger charge is -2.37. The zero-order valence-corrected chi connectivity index (χ0v) is 14.6. The minimum Gasteiger partial charge on any atom is -0.393 e. The molecule has 0 bridgehead atoms. The van der Waals surface area contributed by atoms with E-state index in [9.17, 15) is 9.90 Å². The topological polar surface area (TPSA) is 49.8 Å². The summed E-state index contributed by atoms with van der Waals surface area (Å²) in [5.41, 5.74) is 0. The van der Waals surface area contributed by atoms with E-state index in [1.54, 1.807) is 0 Å². The third kappa shape index (κ3) is 4.27. The van der Waals surface area contributed by atoms with Crippen molar-refractivity contribution < 1.29 is 14.6 Å². The normalized spacial score (nSPS) is 38.7. The lowest BCUT2D eigenvalue weighted by Crippen LogP contribution is -2.46. The van der Waals surface area contributed by atoms with Crippen molar-refractivity contribution in [1.82, 2.24) is 4.90 Å². The average Bonchev–Trinajstić information content (AvgIpc) is 3.04. The molecule has 3 rings (SSSR count). The Morgan fingerprint density at radius 2 is 1.78 bits per heavy atom. The number of rotatable bonds is 4. The molecule has 0 radical (unpaired) electrons. The number of carbonyl (C=O) groups is 1. The average molecular weight is 323 g/mol. The van der Waals surface area contributed by atoms with Crippen molar-refractivity contribution in [2.75, 3.05) is 13.2 Å². The maximum absolute atomic E-state index is 12.6. The standard InChI is InChI=1S/C19H33NO3/c1-14-8-10-15(11-9-14)23-13-19(22)20-12-4-6-17(20)16-5-2-3-7-18(16)21/h14-18,21H,2-13H2,1H3/t14?,15?,16-,17-,18-/m1/s1. The number of amides is 1. The second-order valence-corrected chi connectivity index (χ2v) is 8.01. The Morgan fingerprint density at radius 3 is 2.52 bits per heavy atom. The first-order valence-corrected chi connectivity index (χ1v) is 9.74. The highest BCUT2D eigenvalue weighted by Gasteiger charge is 2.39. The van der Waals surface area contributed by atoms with Gasteiger partial charge in [0.25, 0.3) is 0 Å². The maximum atomic E-state index is 12.6. The van der Waals surface area contributed by atoms with Gasteiger partial charge in [-0.05, 0) is 57.3 Å². The Balaban J connectivity index is 1.49. The second kappa shape index (κ2) is 7.98. The largest absolute Gasteiger partial charge is 0.393 e. The number of likely N-dealkylation sites (tertiary alicyclic amines) is 1. The highest BCUT2D eigenvalue weighted by Crippen LogP contribution is 2.35. The van der Waals surface area contributed by atoms with Crippen molar-refractivity contribution in [1.29, 1.82) is 0 Å². The number of nitrogens with zero attached hydrogens (tertiary/aromatic N) is 1. The fourth-order valence-electron chi connectivity index (χ4n) is 4.80. The summed E-state index contributed by atoms with van der Waals surface area (Å²) in [4.78, 5) is 14.6. The molecule has 2 saturated carbocycles. The van der Waals surface area contributed by atoms with Gasteiger partial charge in [0.15, 0.2) is 0 Å². The van der Waals surface area contributed by atoms with Crippen LogP contribution in [0.5, 0.6) is 0 Å².